The van der Waals surface area contributed by atoms with E-state index >= 15 is 0 Å². The number of rotatable bonds is 6. The molecular weight excluding hydrogens is 322 g/mol. The SMILES string of the molecule is CN=C(NCc1nc(C(C)C)cs1)NCC(C)(C)N1CCOCC1. The Morgan fingerprint density at radius 2 is 2.08 bits per heavy atom. The van der Waals surface area contributed by atoms with Crippen LogP contribution in [0.15, 0.2) is 10.4 Å². The van der Waals surface area contributed by atoms with E-state index in [1.807, 2.05) is 0 Å². The summed E-state index contributed by atoms with van der Waals surface area (Å²) in [7, 11) is 1.80. The molecule has 0 atom stereocenters. The first kappa shape index (κ1) is 19.1. The van der Waals surface area contributed by atoms with Gasteiger partial charge in [-0.2, -0.15) is 0 Å². The number of aliphatic imine (C=N–C) groups is 1. The number of thiazole rings is 1. The number of morpholine rings is 1. The van der Waals surface area contributed by atoms with Gasteiger partial charge in [0.2, 0.25) is 0 Å². The predicted molar refractivity (Wildman–Crippen MR) is 101 cm³/mol. The Morgan fingerprint density at radius 1 is 1.38 bits per heavy atom. The Labute approximate surface area is 149 Å². The maximum absolute atomic E-state index is 5.44. The second-order valence-corrected chi connectivity index (χ2v) is 7.95. The van der Waals surface area contributed by atoms with Gasteiger partial charge in [-0.05, 0) is 19.8 Å². The van der Waals surface area contributed by atoms with E-state index in [2.05, 4.69) is 58.6 Å². The number of nitrogens with one attached hydrogen (secondary N) is 2. The highest BCUT2D eigenvalue weighted by molar-refractivity contribution is 7.09. The summed E-state index contributed by atoms with van der Waals surface area (Å²) in [5, 5.41) is 10.0. The number of ether oxygens (including phenoxy) is 1. The molecule has 0 aliphatic carbocycles. The van der Waals surface area contributed by atoms with Crippen molar-refractivity contribution in [2.45, 2.75) is 45.7 Å². The van der Waals surface area contributed by atoms with Crippen LogP contribution in [0, 0.1) is 0 Å². The Morgan fingerprint density at radius 3 is 2.67 bits per heavy atom. The highest BCUT2D eigenvalue weighted by atomic mass is 32.1. The summed E-state index contributed by atoms with van der Waals surface area (Å²) in [6, 6.07) is 0. The number of hydrogen-bond donors (Lipinski definition) is 2. The van der Waals surface area contributed by atoms with Crippen LogP contribution in [-0.2, 0) is 11.3 Å². The van der Waals surface area contributed by atoms with E-state index in [0.29, 0.717) is 12.5 Å². The van der Waals surface area contributed by atoms with Gasteiger partial charge in [0.15, 0.2) is 5.96 Å². The molecule has 1 aromatic heterocycles. The standard InChI is InChI=1S/C17H31N5OS/c1-13(2)14-11-24-15(21-14)10-19-16(18-5)20-12-17(3,4)22-6-8-23-9-7-22/h11,13H,6-10,12H2,1-5H3,(H2,18,19,20). The van der Waals surface area contributed by atoms with Crippen LogP contribution in [0.1, 0.15) is 44.3 Å². The lowest BCUT2D eigenvalue weighted by Gasteiger charge is -2.41. The van der Waals surface area contributed by atoms with Crippen molar-refractivity contribution in [1.82, 2.24) is 20.5 Å². The van der Waals surface area contributed by atoms with Crippen molar-refractivity contribution in [3.05, 3.63) is 16.1 Å². The van der Waals surface area contributed by atoms with E-state index in [1.165, 1.54) is 0 Å². The molecule has 2 N–H and O–H groups in total. The molecule has 0 unspecified atom stereocenters. The van der Waals surface area contributed by atoms with Gasteiger partial charge < -0.3 is 15.4 Å². The number of guanidine groups is 1. The zero-order valence-corrected chi connectivity index (χ0v) is 16.4. The summed E-state index contributed by atoms with van der Waals surface area (Å²) in [5.41, 5.74) is 1.22. The van der Waals surface area contributed by atoms with Gasteiger partial charge in [-0.3, -0.25) is 9.89 Å². The van der Waals surface area contributed by atoms with Crippen molar-refractivity contribution < 1.29 is 4.74 Å². The molecule has 1 saturated heterocycles. The van der Waals surface area contributed by atoms with Gasteiger partial charge in [-0.15, -0.1) is 11.3 Å². The zero-order chi connectivity index (χ0) is 17.6. The molecule has 0 bridgehead atoms. The van der Waals surface area contributed by atoms with Crippen molar-refractivity contribution in [2.75, 3.05) is 39.9 Å². The first-order valence-electron chi connectivity index (χ1n) is 8.64. The molecule has 136 valence electrons. The fourth-order valence-corrected chi connectivity index (χ4v) is 3.53. The van der Waals surface area contributed by atoms with Crippen LogP contribution < -0.4 is 10.6 Å². The fraction of sp³-hybridized carbons (Fsp3) is 0.765. The van der Waals surface area contributed by atoms with E-state index in [1.54, 1.807) is 18.4 Å². The summed E-state index contributed by atoms with van der Waals surface area (Å²) in [6.45, 7) is 14.0. The Balaban J connectivity index is 1.81. The fourth-order valence-electron chi connectivity index (χ4n) is 2.63. The Hall–Kier alpha value is -1.18. The second kappa shape index (κ2) is 8.78. The van der Waals surface area contributed by atoms with Crippen LogP contribution in [0.5, 0.6) is 0 Å². The largest absolute Gasteiger partial charge is 0.379 e. The third-order valence-electron chi connectivity index (χ3n) is 4.35. The van der Waals surface area contributed by atoms with Crippen LogP contribution >= 0.6 is 11.3 Å². The van der Waals surface area contributed by atoms with Crippen LogP contribution in [0.3, 0.4) is 0 Å². The molecule has 2 rings (SSSR count). The van der Waals surface area contributed by atoms with E-state index in [-0.39, 0.29) is 5.54 Å². The van der Waals surface area contributed by atoms with E-state index in [9.17, 15) is 0 Å². The van der Waals surface area contributed by atoms with Gasteiger partial charge >= 0.3 is 0 Å². The third-order valence-corrected chi connectivity index (χ3v) is 5.21. The molecule has 1 aliphatic heterocycles. The molecule has 2 heterocycles. The van der Waals surface area contributed by atoms with Crippen LogP contribution in [0.25, 0.3) is 0 Å². The van der Waals surface area contributed by atoms with Crippen molar-refractivity contribution in [3.8, 4) is 0 Å². The monoisotopic (exact) mass is 353 g/mol. The van der Waals surface area contributed by atoms with Gasteiger partial charge in [0, 0.05) is 37.6 Å². The molecule has 0 aromatic carbocycles. The molecule has 0 radical (unpaired) electrons. The summed E-state index contributed by atoms with van der Waals surface area (Å²) in [4.78, 5) is 11.4. The van der Waals surface area contributed by atoms with Gasteiger partial charge in [0.25, 0.3) is 0 Å². The van der Waals surface area contributed by atoms with Gasteiger partial charge in [-0.25, -0.2) is 4.98 Å². The predicted octanol–water partition coefficient (Wildman–Crippen LogP) is 2.04. The first-order valence-corrected chi connectivity index (χ1v) is 9.52. The number of nitrogens with zero attached hydrogens (tertiary/aromatic N) is 3. The minimum atomic E-state index is 0.0629. The average molecular weight is 354 g/mol. The lowest BCUT2D eigenvalue weighted by Crippen LogP contribution is -2.56. The molecule has 6 nitrogen and oxygen atoms in total. The molecule has 0 amide bonds. The number of hydrogen-bond acceptors (Lipinski definition) is 5. The van der Waals surface area contributed by atoms with E-state index < -0.39 is 0 Å². The average Bonchev–Trinajstić information content (AvgIpc) is 3.05. The van der Waals surface area contributed by atoms with Crippen molar-refractivity contribution in [3.63, 3.8) is 0 Å². The Bertz CT molecular complexity index is 535. The van der Waals surface area contributed by atoms with Crippen LogP contribution in [0.2, 0.25) is 0 Å². The van der Waals surface area contributed by atoms with Crippen molar-refractivity contribution in [2.24, 2.45) is 4.99 Å². The first-order chi connectivity index (χ1) is 11.4. The van der Waals surface area contributed by atoms with Crippen LogP contribution in [-0.4, -0.2) is 61.3 Å². The van der Waals surface area contributed by atoms with Crippen molar-refractivity contribution >= 4 is 17.3 Å². The maximum atomic E-state index is 5.44. The summed E-state index contributed by atoms with van der Waals surface area (Å²) in [6.07, 6.45) is 0. The smallest absolute Gasteiger partial charge is 0.191 e. The van der Waals surface area contributed by atoms with E-state index in [4.69, 9.17) is 4.74 Å². The van der Waals surface area contributed by atoms with Crippen LogP contribution in [0.4, 0.5) is 0 Å². The topological polar surface area (TPSA) is 61.8 Å². The Kier molecular flexibility index (Phi) is 7.01. The maximum Gasteiger partial charge on any atom is 0.191 e. The van der Waals surface area contributed by atoms with Gasteiger partial charge in [0.1, 0.15) is 5.01 Å². The van der Waals surface area contributed by atoms with Gasteiger partial charge in [0.05, 0.1) is 25.5 Å². The molecule has 24 heavy (non-hydrogen) atoms. The molecule has 0 spiro atoms. The molecular formula is C17H31N5OS. The number of aromatic nitrogens is 1. The summed E-state index contributed by atoms with van der Waals surface area (Å²) in [5.74, 6) is 1.29. The molecule has 1 aliphatic rings. The molecule has 7 heteroatoms. The molecule has 1 fully saturated rings. The van der Waals surface area contributed by atoms with E-state index in [0.717, 1.165) is 49.5 Å². The summed E-state index contributed by atoms with van der Waals surface area (Å²) < 4.78 is 5.44. The summed E-state index contributed by atoms with van der Waals surface area (Å²) >= 11 is 1.70. The minimum absolute atomic E-state index is 0.0629. The van der Waals surface area contributed by atoms with Gasteiger partial charge in [-0.1, -0.05) is 13.8 Å². The molecule has 0 saturated carbocycles. The minimum Gasteiger partial charge on any atom is -0.379 e. The zero-order valence-electron chi connectivity index (χ0n) is 15.6. The highest BCUT2D eigenvalue weighted by Crippen LogP contribution is 2.17. The molecule has 1 aromatic rings. The quantitative estimate of drug-likeness (QED) is 0.605. The normalized spacial score (nSPS) is 17.3. The van der Waals surface area contributed by atoms with Crippen molar-refractivity contribution in [1.29, 1.82) is 0 Å². The lowest BCUT2D eigenvalue weighted by molar-refractivity contribution is -0.00834. The third kappa shape index (κ3) is 5.43. The lowest BCUT2D eigenvalue weighted by atomic mass is 10.0. The second-order valence-electron chi connectivity index (χ2n) is 7.01. The highest BCUT2D eigenvalue weighted by Gasteiger charge is 2.28.